The molecule has 0 fully saturated rings. The molecule has 49 heavy (non-hydrogen) atoms. The number of fused-ring (bicyclic) bond motifs is 10. The van der Waals surface area contributed by atoms with Crippen LogP contribution in [0.15, 0.2) is 164 Å². The number of hydrogen-bond acceptors (Lipinski definition) is 2. The predicted octanol–water partition coefficient (Wildman–Crippen LogP) is 11.1. The molecule has 0 aliphatic carbocycles. The van der Waals surface area contributed by atoms with Crippen molar-refractivity contribution in [3.8, 4) is 11.4 Å². The minimum atomic E-state index is 0.768. The molecule has 0 atom stereocenters. The summed E-state index contributed by atoms with van der Waals surface area (Å²) in [4.78, 5) is 7.48. The van der Waals surface area contributed by atoms with Crippen molar-refractivity contribution in [1.82, 2.24) is 18.7 Å². The zero-order valence-corrected chi connectivity index (χ0v) is 26.5. The van der Waals surface area contributed by atoms with Crippen LogP contribution in [0.25, 0.3) is 66.0 Å². The van der Waals surface area contributed by atoms with Crippen LogP contribution < -0.4 is 4.90 Å². The first kappa shape index (κ1) is 26.5. The van der Waals surface area contributed by atoms with Gasteiger partial charge in [-0.15, -0.1) is 0 Å². The summed E-state index contributed by atoms with van der Waals surface area (Å²) >= 11 is 0. The molecular formula is C44H29N5. The van der Waals surface area contributed by atoms with Crippen molar-refractivity contribution < 1.29 is 0 Å². The smallest absolute Gasteiger partial charge is 0.216 e. The summed E-state index contributed by atoms with van der Waals surface area (Å²) in [6.07, 6.45) is 0. The van der Waals surface area contributed by atoms with Crippen LogP contribution in [0.1, 0.15) is 5.56 Å². The topological polar surface area (TPSA) is 30.9 Å². The zero-order valence-electron chi connectivity index (χ0n) is 26.5. The van der Waals surface area contributed by atoms with Crippen molar-refractivity contribution in [2.45, 2.75) is 6.54 Å². The summed E-state index contributed by atoms with van der Waals surface area (Å²) in [6, 6.07) is 59.1. The molecule has 11 rings (SSSR count). The number of benzene rings is 7. The van der Waals surface area contributed by atoms with Crippen LogP contribution in [0, 0.1) is 0 Å². The molecule has 10 aromatic rings. The number of imidazole rings is 1. The maximum absolute atomic E-state index is 5.16. The standard InChI is InChI=1S/C44H29N5/c1-2-12-30(13-3-1)49-43-27-32(23-22-29(43)28-46-42-21-11-7-17-37(42)45-44(46)49)48-40-20-10-6-16-35(40)36-26-31(24-25-41(36)48)47-38-18-8-4-14-33(38)34-15-5-9-19-39(34)47/h1-27H,28H2. The second kappa shape index (κ2) is 9.96. The van der Waals surface area contributed by atoms with Gasteiger partial charge in [0.1, 0.15) is 0 Å². The van der Waals surface area contributed by atoms with E-state index in [2.05, 4.69) is 182 Å². The monoisotopic (exact) mass is 627 g/mol. The Balaban J connectivity index is 1.14. The van der Waals surface area contributed by atoms with E-state index in [1.54, 1.807) is 0 Å². The molecule has 7 aromatic carbocycles. The van der Waals surface area contributed by atoms with Gasteiger partial charge in [0, 0.05) is 38.6 Å². The fourth-order valence-electron chi connectivity index (χ4n) is 8.11. The van der Waals surface area contributed by atoms with Crippen LogP contribution in [0.4, 0.5) is 17.3 Å². The van der Waals surface area contributed by atoms with Crippen molar-refractivity contribution >= 4 is 72.0 Å². The lowest BCUT2D eigenvalue weighted by atomic mass is 10.1. The van der Waals surface area contributed by atoms with Crippen molar-refractivity contribution in [1.29, 1.82) is 0 Å². The molecule has 0 radical (unpaired) electrons. The highest BCUT2D eigenvalue weighted by Crippen LogP contribution is 2.44. The largest absolute Gasteiger partial charge is 0.309 e. The van der Waals surface area contributed by atoms with Crippen LogP contribution in [0.3, 0.4) is 0 Å². The van der Waals surface area contributed by atoms with Gasteiger partial charge in [0.25, 0.3) is 0 Å². The molecule has 0 saturated heterocycles. The van der Waals surface area contributed by atoms with E-state index >= 15 is 0 Å². The van der Waals surface area contributed by atoms with Gasteiger partial charge in [-0.2, -0.15) is 0 Å². The second-order valence-corrected chi connectivity index (χ2v) is 12.9. The van der Waals surface area contributed by atoms with Crippen LogP contribution in [-0.4, -0.2) is 18.7 Å². The Hall–Kier alpha value is -6.59. The third-order valence-corrected chi connectivity index (χ3v) is 10.2. The molecule has 1 aliphatic heterocycles. The lowest BCUT2D eigenvalue weighted by Crippen LogP contribution is -2.23. The van der Waals surface area contributed by atoms with Gasteiger partial charge in [0.2, 0.25) is 5.95 Å². The first-order valence-corrected chi connectivity index (χ1v) is 16.8. The van der Waals surface area contributed by atoms with Crippen LogP contribution in [0.2, 0.25) is 0 Å². The SMILES string of the molecule is c1ccc(N2c3cc(-n4c5ccccc5c5cc(-n6c7ccccc7c7ccccc76)ccc54)ccc3Cn3c2nc2ccccc23)cc1. The van der Waals surface area contributed by atoms with Crippen molar-refractivity contribution in [2.75, 3.05) is 4.90 Å². The van der Waals surface area contributed by atoms with Crippen molar-refractivity contribution in [3.05, 3.63) is 169 Å². The van der Waals surface area contributed by atoms with E-state index in [1.807, 2.05) is 0 Å². The summed E-state index contributed by atoms with van der Waals surface area (Å²) in [5.74, 6) is 0.940. The maximum atomic E-state index is 5.16. The number of rotatable bonds is 3. The Kier molecular flexibility index (Phi) is 5.38. The molecule has 3 aromatic heterocycles. The Labute approximate surface area is 282 Å². The van der Waals surface area contributed by atoms with Gasteiger partial charge in [0.15, 0.2) is 0 Å². The number of hydrogen-bond donors (Lipinski definition) is 0. The zero-order chi connectivity index (χ0) is 32.1. The molecule has 5 heteroatoms. The predicted molar refractivity (Wildman–Crippen MR) is 202 cm³/mol. The highest BCUT2D eigenvalue weighted by atomic mass is 15.3. The van der Waals surface area contributed by atoms with Gasteiger partial charge < -0.3 is 13.7 Å². The maximum Gasteiger partial charge on any atom is 0.216 e. The van der Waals surface area contributed by atoms with Gasteiger partial charge in [0.05, 0.1) is 45.3 Å². The van der Waals surface area contributed by atoms with E-state index in [0.717, 1.165) is 46.3 Å². The van der Waals surface area contributed by atoms with Crippen LogP contribution >= 0.6 is 0 Å². The molecular weight excluding hydrogens is 599 g/mol. The molecule has 0 unspecified atom stereocenters. The number of aromatic nitrogens is 4. The van der Waals surface area contributed by atoms with Crippen molar-refractivity contribution in [2.24, 2.45) is 0 Å². The minimum Gasteiger partial charge on any atom is -0.309 e. The Morgan fingerprint density at radius 2 is 0.939 bits per heavy atom. The molecule has 5 nitrogen and oxygen atoms in total. The summed E-state index contributed by atoms with van der Waals surface area (Å²) in [5.41, 5.74) is 12.7. The molecule has 0 spiro atoms. The summed E-state index contributed by atoms with van der Waals surface area (Å²) in [6.45, 7) is 0.768. The molecule has 4 heterocycles. The average Bonchev–Trinajstić information content (AvgIpc) is 3.81. The molecule has 0 bridgehead atoms. The first-order chi connectivity index (χ1) is 24.3. The number of nitrogens with zero attached hydrogens (tertiary/aromatic N) is 5. The summed E-state index contributed by atoms with van der Waals surface area (Å²) in [5, 5.41) is 5.01. The lowest BCUT2D eigenvalue weighted by molar-refractivity contribution is 0.789. The van der Waals surface area contributed by atoms with E-state index < -0.39 is 0 Å². The van der Waals surface area contributed by atoms with Gasteiger partial charge in [-0.1, -0.05) is 91.0 Å². The van der Waals surface area contributed by atoms with E-state index in [1.165, 1.54) is 49.2 Å². The molecule has 230 valence electrons. The van der Waals surface area contributed by atoms with Crippen LogP contribution in [-0.2, 0) is 6.54 Å². The highest BCUT2D eigenvalue weighted by Gasteiger charge is 2.28. The Bertz CT molecular complexity index is 2870. The van der Waals surface area contributed by atoms with E-state index in [9.17, 15) is 0 Å². The quantitative estimate of drug-likeness (QED) is 0.195. The minimum absolute atomic E-state index is 0.768. The highest BCUT2D eigenvalue weighted by molar-refractivity contribution is 6.12. The van der Waals surface area contributed by atoms with Gasteiger partial charge >= 0.3 is 0 Å². The lowest BCUT2D eigenvalue weighted by Gasteiger charge is -2.32. The third-order valence-electron chi connectivity index (χ3n) is 10.2. The number of para-hydroxylation sites is 6. The number of anilines is 3. The van der Waals surface area contributed by atoms with Crippen molar-refractivity contribution in [3.63, 3.8) is 0 Å². The van der Waals surface area contributed by atoms with E-state index in [-0.39, 0.29) is 0 Å². The molecule has 1 aliphatic rings. The second-order valence-electron chi connectivity index (χ2n) is 12.9. The normalized spacial score (nSPS) is 12.8. The molecule has 0 saturated carbocycles. The fourth-order valence-corrected chi connectivity index (χ4v) is 8.11. The van der Waals surface area contributed by atoms with E-state index in [0.29, 0.717) is 0 Å². The third kappa shape index (κ3) is 3.72. The summed E-state index contributed by atoms with van der Waals surface area (Å²) < 4.78 is 7.15. The van der Waals surface area contributed by atoms with Gasteiger partial charge in [-0.05, 0) is 78.4 Å². The molecule has 0 amide bonds. The average molecular weight is 628 g/mol. The Morgan fingerprint density at radius 1 is 0.408 bits per heavy atom. The van der Waals surface area contributed by atoms with Gasteiger partial charge in [-0.25, -0.2) is 4.98 Å². The molecule has 0 N–H and O–H groups in total. The van der Waals surface area contributed by atoms with E-state index in [4.69, 9.17) is 4.98 Å². The van der Waals surface area contributed by atoms with Crippen LogP contribution in [0.5, 0.6) is 0 Å². The van der Waals surface area contributed by atoms with Gasteiger partial charge in [-0.3, -0.25) is 4.90 Å². The fraction of sp³-hybridized carbons (Fsp3) is 0.0227. The first-order valence-electron chi connectivity index (χ1n) is 16.8. The summed E-state index contributed by atoms with van der Waals surface area (Å²) in [7, 11) is 0. The Morgan fingerprint density at radius 3 is 1.63 bits per heavy atom.